The number of nitrogens with one attached hydrogen (secondary N) is 2. The molecule has 4 N–H and O–H groups in total. The van der Waals surface area contributed by atoms with Crippen molar-refractivity contribution in [1.82, 2.24) is 15.3 Å². The second-order valence-electron chi connectivity index (χ2n) is 3.72. The van der Waals surface area contributed by atoms with Crippen LogP contribution in [-0.2, 0) is 0 Å². The summed E-state index contributed by atoms with van der Waals surface area (Å²) in [6.45, 7) is 4.03. The van der Waals surface area contributed by atoms with Crippen LogP contribution in [-0.4, -0.2) is 28.1 Å². The van der Waals surface area contributed by atoms with Crippen molar-refractivity contribution in [2.45, 2.75) is 25.0 Å². The molecule has 0 aliphatic heterocycles. The smallest absolute Gasteiger partial charge is 0.187 e. The highest BCUT2D eigenvalue weighted by Gasteiger charge is 2.08. The van der Waals surface area contributed by atoms with E-state index in [0.29, 0.717) is 16.4 Å². The van der Waals surface area contributed by atoms with Crippen molar-refractivity contribution in [3.05, 3.63) is 24.2 Å². The third-order valence-electron chi connectivity index (χ3n) is 1.94. The van der Waals surface area contributed by atoms with Crippen LogP contribution in [0.3, 0.4) is 0 Å². The van der Waals surface area contributed by atoms with Crippen LogP contribution >= 0.6 is 11.8 Å². The fourth-order valence-corrected chi connectivity index (χ4v) is 1.48. The van der Waals surface area contributed by atoms with E-state index in [1.165, 1.54) is 11.8 Å². The summed E-state index contributed by atoms with van der Waals surface area (Å²) in [6, 6.07) is 2.03. The Balaban J connectivity index is 3.05. The lowest BCUT2D eigenvalue weighted by atomic mass is 10.2. The fourth-order valence-electron chi connectivity index (χ4n) is 1.13. The molecule has 0 amide bonds. The average Bonchev–Trinajstić information content (AvgIpc) is 2.28. The molecule has 17 heavy (non-hydrogen) atoms. The highest BCUT2D eigenvalue weighted by Crippen LogP contribution is 2.14. The van der Waals surface area contributed by atoms with Crippen molar-refractivity contribution in [3.63, 3.8) is 0 Å². The summed E-state index contributed by atoms with van der Waals surface area (Å²) in [5, 5.41) is 11.3. The number of thioether (sulfide) groups is 1. The monoisotopic (exact) mass is 251 g/mol. The molecule has 0 atom stereocenters. The summed E-state index contributed by atoms with van der Waals surface area (Å²) < 4.78 is 0. The Hall–Kier alpha value is -1.56. The molecule has 0 saturated carbocycles. The van der Waals surface area contributed by atoms with Crippen LogP contribution in [0.4, 0.5) is 0 Å². The molecule has 0 bridgehead atoms. The Kier molecular flexibility index (Phi) is 4.96. The number of nitrogens with zero attached hydrogens (tertiary/aromatic N) is 2. The number of hydrogen-bond donors (Lipinski definition) is 3. The molecule has 0 saturated heterocycles. The number of aromatic nitrogens is 2. The van der Waals surface area contributed by atoms with Gasteiger partial charge in [-0.3, -0.25) is 5.41 Å². The summed E-state index contributed by atoms with van der Waals surface area (Å²) in [4.78, 5) is 8.40. The van der Waals surface area contributed by atoms with E-state index in [1.54, 1.807) is 18.5 Å². The van der Waals surface area contributed by atoms with E-state index < -0.39 is 0 Å². The van der Waals surface area contributed by atoms with Crippen LogP contribution < -0.4 is 11.1 Å². The lowest BCUT2D eigenvalue weighted by Crippen LogP contribution is -2.20. The van der Waals surface area contributed by atoms with E-state index in [0.717, 1.165) is 0 Å². The molecule has 0 aliphatic carbocycles. The van der Waals surface area contributed by atoms with Gasteiger partial charge in [-0.1, -0.05) is 11.8 Å². The van der Waals surface area contributed by atoms with Gasteiger partial charge in [0.05, 0.1) is 11.3 Å². The largest absolute Gasteiger partial charge is 0.388 e. The molecular formula is C11H17N5S. The molecule has 1 aromatic rings. The number of nitrogens with two attached hydrogens (primary N) is 1. The van der Waals surface area contributed by atoms with Crippen molar-refractivity contribution in [3.8, 4) is 0 Å². The molecule has 5 nitrogen and oxygen atoms in total. The Morgan fingerprint density at radius 2 is 2.29 bits per heavy atom. The second kappa shape index (κ2) is 6.24. The maximum atomic E-state index is 7.56. The molecule has 0 radical (unpaired) electrons. The second-order valence-corrected chi connectivity index (χ2v) is 4.50. The maximum absolute atomic E-state index is 7.56. The third-order valence-corrected chi connectivity index (χ3v) is 2.51. The topological polar surface area (TPSA) is 87.7 Å². The summed E-state index contributed by atoms with van der Waals surface area (Å²) in [5.74, 6) is -0.0103. The van der Waals surface area contributed by atoms with Crippen LogP contribution in [0.5, 0.6) is 0 Å². The van der Waals surface area contributed by atoms with Gasteiger partial charge in [0.2, 0.25) is 0 Å². The molecule has 6 heteroatoms. The zero-order valence-electron chi connectivity index (χ0n) is 10.2. The zero-order valence-corrected chi connectivity index (χ0v) is 11.0. The third kappa shape index (κ3) is 4.07. The molecular weight excluding hydrogens is 234 g/mol. The molecule has 92 valence electrons. The summed E-state index contributed by atoms with van der Waals surface area (Å²) >= 11 is 1.46. The SMILES string of the molecule is CSc1nccc(C(=CNC(C)C)C(=N)N)n1. The van der Waals surface area contributed by atoms with Gasteiger partial charge in [-0.25, -0.2) is 9.97 Å². The van der Waals surface area contributed by atoms with E-state index in [-0.39, 0.29) is 11.9 Å². The number of rotatable bonds is 5. The summed E-state index contributed by atoms with van der Waals surface area (Å²) in [6.07, 6.45) is 5.29. The average molecular weight is 251 g/mol. The maximum Gasteiger partial charge on any atom is 0.187 e. The first-order chi connectivity index (χ1) is 8.04. The van der Waals surface area contributed by atoms with E-state index in [9.17, 15) is 0 Å². The van der Waals surface area contributed by atoms with Crippen LogP contribution in [0, 0.1) is 5.41 Å². The minimum atomic E-state index is -0.0103. The molecule has 1 rings (SSSR count). The normalized spacial score (nSPS) is 11.6. The standard InChI is InChI=1S/C11H17N5S/c1-7(2)15-6-8(10(12)13)9-4-5-14-11(16-9)17-3/h4-7,15H,1-3H3,(H3,12,13). The Labute approximate surface area is 105 Å². The molecule has 1 heterocycles. The minimum Gasteiger partial charge on any atom is -0.388 e. The first-order valence-electron chi connectivity index (χ1n) is 5.22. The van der Waals surface area contributed by atoms with Gasteiger partial charge in [-0.05, 0) is 26.2 Å². The quantitative estimate of drug-likeness (QED) is 0.319. The predicted octanol–water partition coefficient (Wildman–Crippen LogP) is 1.47. The van der Waals surface area contributed by atoms with E-state index >= 15 is 0 Å². The molecule has 0 fully saturated rings. The first-order valence-corrected chi connectivity index (χ1v) is 6.45. The minimum absolute atomic E-state index is 0.0103. The van der Waals surface area contributed by atoms with E-state index in [2.05, 4.69) is 15.3 Å². The molecule has 0 aromatic carbocycles. The van der Waals surface area contributed by atoms with Crippen molar-refractivity contribution in [2.24, 2.45) is 5.73 Å². The zero-order chi connectivity index (χ0) is 12.8. The van der Waals surface area contributed by atoms with Gasteiger partial charge in [0, 0.05) is 18.4 Å². The summed E-state index contributed by atoms with van der Waals surface area (Å²) in [5.41, 5.74) is 6.79. The lowest BCUT2D eigenvalue weighted by Gasteiger charge is -2.09. The van der Waals surface area contributed by atoms with Crippen molar-refractivity contribution < 1.29 is 0 Å². The van der Waals surface area contributed by atoms with Crippen LogP contribution in [0.1, 0.15) is 19.5 Å². The van der Waals surface area contributed by atoms with Crippen LogP contribution in [0.15, 0.2) is 23.6 Å². The fraction of sp³-hybridized carbons (Fsp3) is 0.364. The number of hydrogen-bond acceptors (Lipinski definition) is 5. The Morgan fingerprint density at radius 3 is 2.82 bits per heavy atom. The van der Waals surface area contributed by atoms with Gasteiger partial charge in [-0.2, -0.15) is 0 Å². The molecule has 0 spiro atoms. The van der Waals surface area contributed by atoms with Crippen molar-refractivity contribution >= 4 is 23.2 Å². The number of amidine groups is 1. The highest BCUT2D eigenvalue weighted by atomic mass is 32.2. The molecule has 0 aliphatic rings. The van der Waals surface area contributed by atoms with Gasteiger partial charge >= 0.3 is 0 Å². The summed E-state index contributed by atoms with van der Waals surface area (Å²) in [7, 11) is 0. The lowest BCUT2D eigenvalue weighted by molar-refractivity contribution is 0.704. The van der Waals surface area contributed by atoms with Gasteiger partial charge in [0.15, 0.2) is 5.16 Å². The van der Waals surface area contributed by atoms with Crippen molar-refractivity contribution in [1.29, 1.82) is 5.41 Å². The molecule has 0 unspecified atom stereocenters. The predicted molar refractivity (Wildman–Crippen MR) is 72.0 cm³/mol. The van der Waals surface area contributed by atoms with Crippen LogP contribution in [0.25, 0.3) is 5.57 Å². The van der Waals surface area contributed by atoms with Gasteiger partial charge in [0.1, 0.15) is 5.84 Å². The van der Waals surface area contributed by atoms with Gasteiger partial charge in [0.25, 0.3) is 0 Å². The van der Waals surface area contributed by atoms with Crippen LogP contribution in [0.2, 0.25) is 0 Å². The Bertz CT molecular complexity index is 428. The van der Waals surface area contributed by atoms with Crippen molar-refractivity contribution in [2.75, 3.05) is 6.26 Å². The van der Waals surface area contributed by atoms with E-state index in [1.807, 2.05) is 20.1 Å². The van der Waals surface area contributed by atoms with Gasteiger partial charge < -0.3 is 11.1 Å². The van der Waals surface area contributed by atoms with Gasteiger partial charge in [-0.15, -0.1) is 0 Å². The molecule has 1 aromatic heterocycles. The highest BCUT2D eigenvalue weighted by molar-refractivity contribution is 7.98. The Morgan fingerprint density at radius 1 is 1.59 bits per heavy atom. The van der Waals surface area contributed by atoms with E-state index in [4.69, 9.17) is 11.1 Å². The first kappa shape index (κ1) is 13.5.